The number of thioether (sulfide) groups is 1. The predicted octanol–water partition coefficient (Wildman–Crippen LogP) is 2.45. The number of rotatable bonds is 5. The van der Waals surface area contributed by atoms with Crippen LogP contribution >= 0.6 is 11.8 Å². The van der Waals surface area contributed by atoms with Gasteiger partial charge in [-0.3, -0.25) is 0 Å². The van der Waals surface area contributed by atoms with Crippen LogP contribution in [0.1, 0.15) is 5.56 Å². The molecule has 17 heavy (non-hydrogen) atoms. The maximum Gasteiger partial charge on any atom is 0.191 e. The van der Waals surface area contributed by atoms with Crippen LogP contribution in [0.5, 0.6) is 0 Å². The quantitative estimate of drug-likeness (QED) is 0.628. The standard InChI is InChI=1S/C11H14N4OS/c1-12-9-5-10(15-11(14-9)17-2)13-6-8-3-4-16-7-8/h3-5,7H,6H2,1-2H3,(H2,12,13,14,15). The van der Waals surface area contributed by atoms with Gasteiger partial charge in [0.1, 0.15) is 11.6 Å². The smallest absolute Gasteiger partial charge is 0.191 e. The highest BCUT2D eigenvalue weighted by Crippen LogP contribution is 2.17. The first-order valence-corrected chi connectivity index (χ1v) is 6.40. The fourth-order valence-electron chi connectivity index (χ4n) is 1.32. The Morgan fingerprint density at radius 2 is 2.18 bits per heavy atom. The molecule has 0 aromatic carbocycles. The number of hydrogen-bond acceptors (Lipinski definition) is 6. The molecule has 2 aromatic heterocycles. The number of furan rings is 1. The zero-order valence-corrected chi connectivity index (χ0v) is 10.5. The summed E-state index contributed by atoms with van der Waals surface area (Å²) in [7, 11) is 1.84. The Bertz CT molecular complexity index is 450. The maximum atomic E-state index is 5.00. The molecule has 6 heteroatoms. The van der Waals surface area contributed by atoms with E-state index in [1.165, 1.54) is 11.8 Å². The van der Waals surface area contributed by atoms with Crippen LogP contribution in [0.25, 0.3) is 0 Å². The first-order valence-electron chi connectivity index (χ1n) is 5.17. The third kappa shape index (κ3) is 3.13. The normalized spacial score (nSPS) is 10.2. The molecule has 0 fully saturated rings. The molecule has 0 unspecified atom stereocenters. The highest BCUT2D eigenvalue weighted by atomic mass is 32.2. The van der Waals surface area contributed by atoms with Gasteiger partial charge in [0.05, 0.1) is 12.5 Å². The minimum Gasteiger partial charge on any atom is -0.472 e. The molecule has 0 saturated carbocycles. The van der Waals surface area contributed by atoms with Crippen molar-refractivity contribution in [2.45, 2.75) is 11.7 Å². The van der Waals surface area contributed by atoms with Crippen LogP contribution in [-0.4, -0.2) is 23.3 Å². The summed E-state index contributed by atoms with van der Waals surface area (Å²) in [6, 6.07) is 3.79. The highest BCUT2D eigenvalue weighted by molar-refractivity contribution is 7.98. The molecule has 2 rings (SSSR count). The molecular weight excluding hydrogens is 236 g/mol. The molecule has 0 radical (unpaired) electrons. The van der Waals surface area contributed by atoms with Crippen molar-refractivity contribution in [2.24, 2.45) is 0 Å². The third-order valence-corrected chi connectivity index (χ3v) is 2.75. The number of anilines is 2. The van der Waals surface area contributed by atoms with Crippen molar-refractivity contribution < 1.29 is 4.42 Å². The second-order valence-corrected chi connectivity index (χ2v) is 4.13. The van der Waals surface area contributed by atoms with E-state index in [2.05, 4.69) is 20.6 Å². The first-order chi connectivity index (χ1) is 8.31. The Morgan fingerprint density at radius 1 is 1.35 bits per heavy atom. The Kier molecular flexibility index (Phi) is 3.87. The zero-order chi connectivity index (χ0) is 12.1. The lowest BCUT2D eigenvalue weighted by atomic mass is 10.3. The van der Waals surface area contributed by atoms with Gasteiger partial charge >= 0.3 is 0 Å². The minimum absolute atomic E-state index is 0.685. The third-order valence-electron chi connectivity index (χ3n) is 2.20. The van der Waals surface area contributed by atoms with E-state index in [1.54, 1.807) is 12.5 Å². The molecular formula is C11H14N4OS. The Labute approximate surface area is 104 Å². The summed E-state index contributed by atoms with van der Waals surface area (Å²) in [6.45, 7) is 0.685. The van der Waals surface area contributed by atoms with Crippen LogP contribution < -0.4 is 10.6 Å². The van der Waals surface area contributed by atoms with Crippen molar-refractivity contribution in [3.8, 4) is 0 Å². The van der Waals surface area contributed by atoms with Crippen LogP contribution in [0.4, 0.5) is 11.6 Å². The SMILES string of the molecule is CNc1cc(NCc2ccoc2)nc(SC)n1. The average molecular weight is 250 g/mol. The van der Waals surface area contributed by atoms with E-state index in [-0.39, 0.29) is 0 Å². The van der Waals surface area contributed by atoms with Gasteiger partial charge in [0.2, 0.25) is 0 Å². The lowest BCUT2D eigenvalue weighted by Gasteiger charge is -2.07. The Balaban J connectivity index is 2.09. The number of aromatic nitrogens is 2. The first kappa shape index (κ1) is 11.8. The van der Waals surface area contributed by atoms with E-state index in [1.807, 2.05) is 25.4 Å². The van der Waals surface area contributed by atoms with Gasteiger partial charge in [0.25, 0.3) is 0 Å². The van der Waals surface area contributed by atoms with Gasteiger partial charge in [-0.15, -0.1) is 0 Å². The van der Waals surface area contributed by atoms with Crippen LogP contribution in [0.2, 0.25) is 0 Å². The van der Waals surface area contributed by atoms with Gasteiger partial charge in [0, 0.05) is 25.2 Å². The summed E-state index contributed by atoms with van der Waals surface area (Å²) in [6.07, 6.45) is 5.32. The zero-order valence-electron chi connectivity index (χ0n) is 9.73. The largest absolute Gasteiger partial charge is 0.472 e. The van der Waals surface area contributed by atoms with Gasteiger partial charge in [0.15, 0.2) is 5.16 Å². The molecule has 0 spiro atoms. The summed E-state index contributed by atoms with van der Waals surface area (Å²) in [5, 5.41) is 6.99. The lowest BCUT2D eigenvalue weighted by Crippen LogP contribution is -2.04. The van der Waals surface area contributed by atoms with E-state index in [4.69, 9.17) is 4.42 Å². The number of nitrogens with zero attached hydrogens (tertiary/aromatic N) is 2. The summed E-state index contributed by atoms with van der Waals surface area (Å²) in [4.78, 5) is 8.67. The highest BCUT2D eigenvalue weighted by Gasteiger charge is 2.03. The molecule has 2 N–H and O–H groups in total. The monoisotopic (exact) mass is 250 g/mol. The van der Waals surface area contributed by atoms with E-state index < -0.39 is 0 Å². The van der Waals surface area contributed by atoms with Gasteiger partial charge < -0.3 is 15.1 Å². The molecule has 2 heterocycles. The second-order valence-electron chi connectivity index (χ2n) is 3.36. The van der Waals surface area contributed by atoms with Crippen molar-refractivity contribution in [1.82, 2.24) is 9.97 Å². The van der Waals surface area contributed by atoms with Crippen molar-refractivity contribution in [3.63, 3.8) is 0 Å². The summed E-state index contributed by atoms with van der Waals surface area (Å²) < 4.78 is 5.00. The molecule has 0 amide bonds. The molecule has 0 aliphatic carbocycles. The van der Waals surface area contributed by atoms with E-state index in [0.717, 1.165) is 22.4 Å². The lowest BCUT2D eigenvalue weighted by molar-refractivity contribution is 0.564. The van der Waals surface area contributed by atoms with Crippen molar-refractivity contribution in [1.29, 1.82) is 0 Å². The number of hydrogen-bond donors (Lipinski definition) is 2. The van der Waals surface area contributed by atoms with E-state index in [9.17, 15) is 0 Å². The van der Waals surface area contributed by atoms with Gasteiger partial charge in [-0.05, 0) is 12.3 Å². The van der Waals surface area contributed by atoms with Crippen LogP contribution in [-0.2, 0) is 6.54 Å². The molecule has 90 valence electrons. The van der Waals surface area contributed by atoms with Crippen LogP contribution in [0.3, 0.4) is 0 Å². The fraction of sp³-hybridized carbons (Fsp3) is 0.273. The topological polar surface area (TPSA) is 63.0 Å². The second kappa shape index (κ2) is 5.58. The Morgan fingerprint density at radius 3 is 2.82 bits per heavy atom. The van der Waals surface area contributed by atoms with Crippen molar-refractivity contribution in [3.05, 3.63) is 30.2 Å². The molecule has 0 bridgehead atoms. The van der Waals surface area contributed by atoms with Gasteiger partial charge in [-0.2, -0.15) is 0 Å². The van der Waals surface area contributed by atoms with Crippen molar-refractivity contribution >= 4 is 23.4 Å². The molecule has 0 atom stereocenters. The summed E-state index contributed by atoms with van der Waals surface area (Å²) >= 11 is 1.52. The Hall–Kier alpha value is -1.69. The van der Waals surface area contributed by atoms with Crippen molar-refractivity contribution in [2.75, 3.05) is 23.9 Å². The van der Waals surface area contributed by atoms with E-state index >= 15 is 0 Å². The van der Waals surface area contributed by atoms with Gasteiger partial charge in [-0.25, -0.2) is 9.97 Å². The average Bonchev–Trinajstić information content (AvgIpc) is 2.89. The fourth-order valence-corrected chi connectivity index (χ4v) is 1.70. The molecule has 0 aliphatic rings. The summed E-state index contributed by atoms with van der Waals surface area (Å²) in [5.74, 6) is 1.61. The van der Waals surface area contributed by atoms with Crippen LogP contribution in [0.15, 0.2) is 34.2 Å². The predicted molar refractivity (Wildman–Crippen MR) is 69.4 cm³/mol. The maximum absolute atomic E-state index is 5.00. The molecule has 5 nitrogen and oxygen atoms in total. The number of nitrogens with one attached hydrogen (secondary N) is 2. The molecule has 0 aliphatic heterocycles. The van der Waals surface area contributed by atoms with Crippen LogP contribution in [0, 0.1) is 0 Å². The van der Waals surface area contributed by atoms with E-state index in [0.29, 0.717) is 6.54 Å². The van der Waals surface area contributed by atoms with Gasteiger partial charge in [-0.1, -0.05) is 11.8 Å². The molecule has 2 aromatic rings. The molecule has 0 saturated heterocycles. The summed E-state index contributed by atoms with van der Waals surface area (Å²) in [5.41, 5.74) is 1.08. The minimum atomic E-state index is 0.685.